The fourth-order valence-corrected chi connectivity index (χ4v) is 2.33. The molecule has 1 heterocycles. The topological polar surface area (TPSA) is 58.4 Å². The molecule has 1 aliphatic carbocycles. The van der Waals surface area contributed by atoms with E-state index in [0.717, 1.165) is 32.0 Å². The Balaban J connectivity index is 1.79. The maximum atomic E-state index is 11.1. The minimum absolute atomic E-state index is 0.278. The van der Waals surface area contributed by atoms with Gasteiger partial charge in [0.1, 0.15) is 0 Å². The second-order valence-electron chi connectivity index (χ2n) is 5.13. The van der Waals surface area contributed by atoms with Gasteiger partial charge in [0.25, 0.3) is 0 Å². The summed E-state index contributed by atoms with van der Waals surface area (Å²) in [5, 5.41) is 3.55. The second kappa shape index (κ2) is 4.39. The van der Waals surface area contributed by atoms with Crippen LogP contribution in [0.1, 0.15) is 26.2 Å². The van der Waals surface area contributed by atoms with Gasteiger partial charge in [0, 0.05) is 19.1 Å². The fourth-order valence-electron chi connectivity index (χ4n) is 2.33. The Morgan fingerprint density at radius 3 is 2.80 bits per heavy atom. The second-order valence-corrected chi connectivity index (χ2v) is 5.13. The van der Waals surface area contributed by atoms with Gasteiger partial charge in [-0.15, -0.1) is 0 Å². The molecule has 2 fully saturated rings. The summed E-state index contributed by atoms with van der Waals surface area (Å²) >= 11 is 0. The SMILES string of the molecule is CC1CC(NCC2CC2)CN(C(N)=O)C1. The van der Waals surface area contributed by atoms with E-state index in [0.29, 0.717) is 12.0 Å². The van der Waals surface area contributed by atoms with Crippen LogP contribution >= 0.6 is 0 Å². The molecular weight excluding hydrogens is 190 g/mol. The molecule has 4 nitrogen and oxygen atoms in total. The highest BCUT2D eigenvalue weighted by molar-refractivity contribution is 5.72. The zero-order valence-corrected chi connectivity index (χ0v) is 9.41. The number of hydrogen-bond donors (Lipinski definition) is 2. The Bertz CT molecular complexity index is 240. The van der Waals surface area contributed by atoms with Crippen LogP contribution in [0.25, 0.3) is 0 Å². The van der Waals surface area contributed by atoms with Gasteiger partial charge in [0.2, 0.25) is 0 Å². The van der Waals surface area contributed by atoms with Gasteiger partial charge in [-0.3, -0.25) is 0 Å². The highest BCUT2D eigenvalue weighted by Crippen LogP contribution is 2.28. The number of primary amides is 1. The number of nitrogens with one attached hydrogen (secondary N) is 1. The maximum Gasteiger partial charge on any atom is 0.314 e. The average molecular weight is 211 g/mol. The van der Waals surface area contributed by atoms with Crippen LogP contribution in [0.5, 0.6) is 0 Å². The third kappa shape index (κ3) is 3.09. The molecule has 0 aromatic rings. The smallest absolute Gasteiger partial charge is 0.314 e. The molecule has 1 saturated carbocycles. The number of carbonyl (C=O) groups excluding carboxylic acids is 1. The number of carbonyl (C=O) groups is 1. The summed E-state index contributed by atoms with van der Waals surface area (Å²) in [4.78, 5) is 12.9. The number of rotatable bonds is 3. The molecule has 15 heavy (non-hydrogen) atoms. The zero-order chi connectivity index (χ0) is 10.8. The molecule has 0 spiro atoms. The number of piperidine rings is 1. The molecule has 4 heteroatoms. The predicted molar refractivity (Wildman–Crippen MR) is 59.5 cm³/mol. The van der Waals surface area contributed by atoms with Gasteiger partial charge in [-0.1, -0.05) is 6.92 Å². The van der Waals surface area contributed by atoms with Crippen molar-refractivity contribution in [3.63, 3.8) is 0 Å². The van der Waals surface area contributed by atoms with Crippen molar-refractivity contribution >= 4 is 6.03 Å². The van der Waals surface area contributed by atoms with E-state index in [-0.39, 0.29) is 6.03 Å². The molecule has 2 atom stereocenters. The van der Waals surface area contributed by atoms with Crippen LogP contribution in [-0.4, -0.2) is 36.6 Å². The van der Waals surface area contributed by atoms with Crippen LogP contribution in [0.2, 0.25) is 0 Å². The molecule has 0 aromatic carbocycles. The number of urea groups is 1. The van der Waals surface area contributed by atoms with E-state index in [4.69, 9.17) is 5.73 Å². The predicted octanol–water partition coefficient (Wildman–Crippen LogP) is 0.775. The van der Waals surface area contributed by atoms with E-state index in [2.05, 4.69) is 12.2 Å². The monoisotopic (exact) mass is 211 g/mol. The van der Waals surface area contributed by atoms with E-state index in [1.165, 1.54) is 12.8 Å². The average Bonchev–Trinajstić information content (AvgIpc) is 2.97. The molecule has 2 rings (SSSR count). The van der Waals surface area contributed by atoms with Gasteiger partial charge in [-0.25, -0.2) is 4.79 Å². The lowest BCUT2D eigenvalue weighted by Crippen LogP contribution is -2.52. The normalized spacial score (nSPS) is 31.7. The number of nitrogens with two attached hydrogens (primary N) is 1. The molecule has 2 amide bonds. The molecule has 0 aromatic heterocycles. The summed E-state index contributed by atoms with van der Waals surface area (Å²) < 4.78 is 0. The van der Waals surface area contributed by atoms with Crippen molar-refractivity contribution in [2.45, 2.75) is 32.2 Å². The Hall–Kier alpha value is -0.770. The molecule has 2 aliphatic rings. The van der Waals surface area contributed by atoms with Crippen molar-refractivity contribution < 1.29 is 4.79 Å². The van der Waals surface area contributed by atoms with Crippen LogP contribution in [0.4, 0.5) is 4.79 Å². The molecule has 0 bridgehead atoms. The van der Waals surface area contributed by atoms with Crippen LogP contribution in [-0.2, 0) is 0 Å². The van der Waals surface area contributed by atoms with Gasteiger partial charge in [-0.05, 0) is 37.6 Å². The van der Waals surface area contributed by atoms with Crippen LogP contribution in [0.3, 0.4) is 0 Å². The van der Waals surface area contributed by atoms with Gasteiger partial charge in [0.05, 0.1) is 0 Å². The van der Waals surface area contributed by atoms with Crippen molar-refractivity contribution in [1.29, 1.82) is 0 Å². The van der Waals surface area contributed by atoms with Gasteiger partial charge >= 0.3 is 6.03 Å². The third-order valence-corrected chi connectivity index (χ3v) is 3.36. The van der Waals surface area contributed by atoms with Crippen molar-refractivity contribution in [2.24, 2.45) is 17.6 Å². The van der Waals surface area contributed by atoms with E-state index in [9.17, 15) is 4.79 Å². The molecule has 1 saturated heterocycles. The van der Waals surface area contributed by atoms with Crippen molar-refractivity contribution in [3.05, 3.63) is 0 Å². The summed E-state index contributed by atoms with van der Waals surface area (Å²) in [6, 6.07) is 0.168. The van der Waals surface area contributed by atoms with Crippen LogP contribution in [0, 0.1) is 11.8 Å². The largest absolute Gasteiger partial charge is 0.351 e. The van der Waals surface area contributed by atoms with Crippen LogP contribution < -0.4 is 11.1 Å². The molecule has 0 radical (unpaired) electrons. The first kappa shape index (κ1) is 10.7. The van der Waals surface area contributed by atoms with Crippen molar-refractivity contribution in [3.8, 4) is 0 Å². The molecule has 1 aliphatic heterocycles. The lowest BCUT2D eigenvalue weighted by Gasteiger charge is -2.36. The summed E-state index contributed by atoms with van der Waals surface area (Å²) in [5.41, 5.74) is 5.32. The number of amides is 2. The fraction of sp³-hybridized carbons (Fsp3) is 0.909. The van der Waals surface area contributed by atoms with Crippen molar-refractivity contribution in [1.82, 2.24) is 10.2 Å². The molecular formula is C11H21N3O. The standard InChI is InChI=1S/C11H21N3O/c1-8-4-10(13-5-9-2-3-9)7-14(6-8)11(12)15/h8-10,13H,2-7H2,1H3,(H2,12,15). The molecule has 3 N–H and O–H groups in total. The Morgan fingerprint density at radius 1 is 1.47 bits per heavy atom. The Kier molecular flexibility index (Phi) is 3.14. The first-order chi connectivity index (χ1) is 7.15. The molecule has 86 valence electrons. The lowest BCUT2D eigenvalue weighted by molar-refractivity contribution is 0.158. The highest BCUT2D eigenvalue weighted by atomic mass is 16.2. The zero-order valence-electron chi connectivity index (χ0n) is 9.41. The van der Waals surface area contributed by atoms with E-state index in [1.54, 1.807) is 4.90 Å². The van der Waals surface area contributed by atoms with E-state index < -0.39 is 0 Å². The summed E-state index contributed by atoms with van der Waals surface area (Å²) in [6.07, 6.45) is 3.90. The van der Waals surface area contributed by atoms with E-state index in [1.807, 2.05) is 0 Å². The lowest BCUT2D eigenvalue weighted by atomic mass is 9.96. The number of likely N-dealkylation sites (tertiary alicyclic amines) is 1. The first-order valence-corrected chi connectivity index (χ1v) is 5.93. The number of hydrogen-bond acceptors (Lipinski definition) is 2. The van der Waals surface area contributed by atoms with Gasteiger partial charge < -0.3 is 16.0 Å². The minimum atomic E-state index is -0.278. The Morgan fingerprint density at radius 2 is 2.20 bits per heavy atom. The maximum absolute atomic E-state index is 11.1. The number of nitrogens with zero attached hydrogens (tertiary/aromatic N) is 1. The quantitative estimate of drug-likeness (QED) is 0.724. The van der Waals surface area contributed by atoms with Gasteiger partial charge in [-0.2, -0.15) is 0 Å². The summed E-state index contributed by atoms with van der Waals surface area (Å²) in [5.74, 6) is 1.45. The summed E-state index contributed by atoms with van der Waals surface area (Å²) in [6.45, 7) is 4.90. The third-order valence-electron chi connectivity index (χ3n) is 3.36. The minimum Gasteiger partial charge on any atom is -0.351 e. The first-order valence-electron chi connectivity index (χ1n) is 5.93. The van der Waals surface area contributed by atoms with Gasteiger partial charge in [0.15, 0.2) is 0 Å². The van der Waals surface area contributed by atoms with Crippen LogP contribution in [0.15, 0.2) is 0 Å². The summed E-state index contributed by atoms with van der Waals surface area (Å²) in [7, 11) is 0. The van der Waals surface area contributed by atoms with Crippen molar-refractivity contribution in [2.75, 3.05) is 19.6 Å². The highest BCUT2D eigenvalue weighted by Gasteiger charge is 2.28. The molecule has 2 unspecified atom stereocenters. The van der Waals surface area contributed by atoms with E-state index >= 15 is 0 Å². The Labute approximate surface area is 91.2 Å².